The van der Waals surface area contributed by atoms with Crippen LogP contribution < -0.4 is 10.6 Å². The maximum atomic E-state index is 13.6. The van der Waals surface area contributed by atoms with Gasteiger partial charge in [-0.25, -0.2) is 4.98 Å². The third-order valence-electron chi connectivity index (χ3n) is 6.65. The molecule has 0 aliphatic carbocycles. The second-order valence-corrected chi connectivity index (χ2v) is 11.8. The topological polar surface area (TPSA) is 158 Å². The second-order valence-electron chi connectivity index (χ2n) is 11.0. The fraction of sp³-hybridized carbons (Fsp3) is 0.536. The van der Waals surface area contributed by atoms with Gasteiger partial charge in [-0.05, 0) is 23.5 Å². The molecule has 2 heterocycles. The Labute approximate surface area is 237 Å². The highest BCUT2D eigenvalue weighted by Crippen LogP contribution is 2.28. The van der Waals surface area contributed by atoms with Crippen LogP contribution in [0.5, 0.6) is 0 Å². The SMILES string of the molecule is Cc1ncsc1-c1ccc(CNC(=O)C2C[C@@H](O)CN2C(=O)[C@@H](NC(=O)CCOCCC(=O)O)C(C)(C)C)cc1. The van der Waals surface area contributed by atoms with Gasteiger partial charge < -0.3 is 30.5 Å². The molecule has 0 spiro atoms. The predicted octanol–water partition coefficient (Wildman–Crippen LogP) is 2.11. The molecule has 3 amide bonds. The lowest BCUT2D eigenvalue weighted by Gasteiger charge is -2.35. The van der Waals surface area contributed by atoms with Crippen LogP contribution in [0.3, 0.4) is 0 Å². The van der Waals surface area contributed by atoms with Gasteiger partial charge in [0.15, 0.2) is 0 Å². The van der Waals surface area contributed by atoms with Crippen LogP contribution in [0.25, 0.3) is 10.4 Å². The molecule has 3 rings (SSSR count). The zero-order valence-corrected chi connectivity index (χ0v) is 24.1. The lowest BCUT2D eigenvalue weighted by molar-refractivity contribution is -0.144. The Morgan fingerprint density at radius 1 is 1.15 bits per heavy atom. The van der Waals surface area contributed by atoms with E-state index in [1.54, 1.807) is 37.6 Å². The Morgan fingerprint density at radius 2 is 1.82 bits per heavy atom. The quantitative estimate of drug-likeness (QED) is 0.281. The van der Waals surface area contributed by atoms with Gasteiger partial charge in [0, 0.05) is 25.9 Å². The molecule has 1 aromatic heterocycles. The van der Waals surface area contributed by atoms with Crippen molar-refractivity contribution in [3.8, 4) is 10.4 Å². The third-order valence-corrected chi connectivity index (χ3v) is 7.62. The molecule has 0 saturated carbocycles. The minimum Gasteiger partial charge on any atom is -0.481 e. The number of likely N-dealkylation sites (tertiary alicyclic amines) is 1. The first-order chi connectivity index (χ1) is 18.9. The maximum absolute atomic E-state index is 13.6. The van der Waals surface area contributed by atoms with E-state index in [1.807, 2.05) is 31.2 Å². The summed E-state index contributed by atoms with van der Waals surface area (Å²) in [6.45, 7) is 7.62. The molecule has 1 saturated heterocycles. The first-order valence-corrected chi connectivity index (χ1v) is 14.1. The number of aryl methyl sites for hydroxylation is 1. The number of aromatic nitrogens is 1. The molecule has 1 unspecified atom stereocenters. The van der Waals surface area contributed by atoms with Gasteiger partial charge in [0.25, 0.3) is 0 Å². The average Bonchev–Trinajstić information content (AvgIpc) is 3.50. The van der Waals surface area contributed by atoms with Crippen LogP contribution in [0, 0.1) is 12.3 Å². The van der Waals surface area contributed by atoms with Gasteiger partial charge in [-0.15, -0.1) is 11.3 Å². The number of carboxylic acid groups (broad SMARTS) is 1. The van der Waals surface area contributed by atoms with Gasteiger partial charge in [0.05, 0.1) is 41.8 Å². The summed E-state index contributed by atoms with van der Waals surface area (Å²) in [5.41, 5.74) is 4.03. The monoisotopic (exact) mass is 574 g/mol. The summed E-state index contributed by atoms with van der Waals surface area (Å²) < 4.78 is 5.17. The third kappa shape index (κ3) is 8.57. The van der Waals surface area contributed by atoms with E-state index in [1.165, 1.54) is 4.90 Å². The number of nitrogens with zero attached hydrogens (tertiary/aromatic N) is 2. The van der Waals surface area contributed by atoms with Crippen molar-refractivity contribution in [2.75, 3.05) is 19.8 Å². The summed E-state index contributed by atoms with van der Waals surface area (Å²) in [7, 11) is 0. The normalized spacial score (nSPS) is 17.9. The van der Waals surface area contributed by atoms with Crippen LogP contribution in [-0.2, 0) is 30.5 Å². The molecule has 1 aliphatic rings. The van der Waals surface area contributed by atoms with Crippen molar-refractivity contribution in [3.05, 3.63) is 41.0 Å². The number of amides is 3. The molecule has 3 atom stereocenters. The Balaban J connectivity index is 1.60. The summed E-state index contributed by atoms with van der Waals surface area (Å²) in [5.74, 6) is -2.25. The van der Waals surface area contributed by atoms with E-state index in [9.17, 15) is 24.3 Å². The molecule has 40 heavy (non-hydrogen) atoms. The van der Waals surface area contributed by atoms with Gasteiger partial charge in [-0.3, -0.25) is 19.2 Å². The van der Waals surface area contributed by atoms with E-state index in [0.717, 1.165) is 21.7 Å². The van der Waals surface area contributed by atoms with E-state index in [0.29, 0.717) is 0 Å². The summed E-state index contributed by atoms with van der Waals surface area (Å²) in [6, 6.07) is 6.00. The van der Waals surface area contributed by atoms with E-state index in [4.69, 9.17) is 9.84 Å². The fourth-order valence-electron chi connectivity index (χ4n) is 4.44. The summed E-state index contributed by atoms with van der Waals surface area (Å²) in [4.78, 5) is 56.6. The number of β-amino-alcohol motifs (C(OH)–C–C–N with tert-alkyl or cyclic N) is 1. The number of hydrogen-bond acceptors (Lipinski definition) is 8. The zero-order chi connectivity index (χ0) is 29.4. The molecular weight excluding hydrogens is 536 g/mol. The molecule has 0 bridgehead atoms. The number of aliphatic hydroxyl groups is 1. The Kier molecular flexibility index (Phi) is 10.8. The van der Waals surface area contributed by atoms with Crippen LogP contribution in [0.15, 0.2) is 29.8 Å². The number of hydrogen-bond donors (Lipinski definition) is 4. The molecule has 12 heteroatoms. The smallest absolute Gasteiger partial charge is 0.305 e. The number of thiazole rings is 1. The van der Waals surface area contributed by atoms with Crippen LogP contribution in [0.4, 0.5) is 0 Å². The van der Waals surface area contributed by atoms with Crippen molar-refractivity contribution < 1.29 is 34.1 Å². The first kappa shape index (κ1) is 31.2. The first-order valence-electron chi connectivity index (χ1n) is 13.2. The minimum atomic E-state index is -0.992. The number of carbonyl (C=O) groups is 4. The Hall–Kier alpha value is -3.35. The standard InChI is InChI=1S/C28H38N4O7S/c1-17-24(40-16-30-17)19-7-5-18(6-8-19)14-29-26(37)21-13-20(33)15-32(21)27(38)25(28(2,3)4)31-22(34)9-11-39-12-10-23(35)36/h5-8,16,20-21,25,33H,9-15H2,1-4H3,(H,29,37)(H,31,34)(H,35,36)/t20-,21?,25-/m1/s1. The molecule has 1 aliphatic heterocycles. The van der Waals surface area contributed by atoms with Gasteiger partial charge in [-0.2, -0.15) is 0 Å². The summed E-state index contributed by atoms with van der Waals surface area (Å²) >= 11 is 1.57. The van der Waals surface area contributed by atoms with Crippen molar-refractivity contribution in [1.82, 2.24) is 20.5 Å². The average molecular weight is 575 g/mol. The number of rotatable bonds is 12. The van der Waals surface area contributed by atoms with Gasteiger partial charge in [0.2, 0.25) is 17.7 Å². The molecule has 218 valence electrons. The second kappa shape index (κ2) is 13.8. The van der Waals surface area contributed by atoms with Crippen molar-refractivity contribution in [2.24, 2.45) is 5.41 Å². The van der Waals surface area contributed by atoms with E-state index < -0.39 is 41.4 Å². The summed E-state index contributed by atoms with van der Waals surface area (Å²) in [6.07, 6.45) is -0.972. The van der Waals surface area contributed by atoms with E-state index in [-0.39, 0.29) is 51.5 Å². The highest BCUT2D eigenvalue weighted by atomic mass is 32.1. The lowest BCUT2D eigenvalue weighted by Crippen LogP contribution is -2.57. The van der Waals surface area contributed by atoms with Gasteiger partial charge in [0.1, 0.15) is 12.1 Å². The van der Waals surface area contributed by atoms with Crippen LogP contribution in [-0.4, -0.2) is 81.7 Å². The molecule has 4 N–H and O–H groups in total. The number of nitrogens with one attached hydrogen (secondary N) is 2. The zero-order valence-electron chi connectivity index (χ0n) is 23.3. The maximum Gasteiger partial charge on any atom is 0.305 e. The van der Waals surface area contributed by atoms with Crippen molar-refractivity contribution in [1.29, 1.82) is 0 Å². The minimum absolute atomic E-state index is 0.0113. The van der Waals surface area contributed by atoms with Gasteiger partial charge in [-0.1, -0.05) is 45.0 Å². The number of benzene rings is 1. The number of carbonyl (C=O) groups excluding carboxylic acids is 3. The van der Waals surface area contributed by atoms with Gasteiger partial charge >= 0.3 is 5.97 Å². The number of aliphatic carboxylic acids is 1. The molecular formula is C28H38N4O7S. The van der Waals surface area contributed by atoms with Crippen molar-refractivity contribution in [2.45, 2.75) is 71.7 Å². The Bertz CT molecular complexity index is 1190. The molecule has 1 aromatic carbocycles. The van der Waals surface area contributed by atoms with Crippen molar-refractivity contribution in [3.63, 3.8) is 0 Å². The van der Waals surface area contributed by atoms with Crippen molar-refractivity contribution >= 4 is 35.0 Å². The summed E-state index contributed by atoms with van der Waals surface area (Å²) in [5, 5.41) is 24.6. The number of ether oxygens (including phenoxy) is 1. The molecule has 0 radical (unpaired) electrons. The Morgan fingerprint density at radius 3 is 2.42 bits per heavy atom. The molecule has 11 nitrogen and oxygen atoms in total. The molecule has 1 fully saturated rings. The largest absolute Gasteiger partial charge is 0.481 e. The lowest BCUT2D eigenvalue weighted by atomic mass is 9.85. The van der Waals surface area contributed by atoms with Crippen LogP contribution in [0.1, 0.15) is 51.3 Å². The predicted molar refractivity (Wildman–Crippen MR) is 149 cm³/mol. The van der Waals surface area contributed by atoms with Crippen LogP contribution in [0.2, 0.25) is 0 Å². The number of carboxylic acids is 1. The fourth-order valence-corrected chi connectivity index (χ4v) is 5.25. The van der Waals surface area contributed by atoms with E-state index >= 15 is 0 Å². The van der Waals surface area contributed by atoms with Crippen LogP contribution >= 0.6 is 11.3 Å². The molecule has 2 aromatic rings. The highest BCUT2D eigenvalue weighted by molar-refractivity contribution is 7.13. The van der Waals surface area contributed by atoms with E-state index in [2.05, 4.69) is 15.6 Å². The number of aliphatic hydroxyl groups excluding tert-OH is 1. The highest BCUT2D eigenvalue weighted by Gasteiger charge is 2.44.